The number of likely N-dealkylation sites (N-methyl/N-ethyl adjacent to an activating group) is 1. The summed E-state index contributed by atoms with van der Waals surface area (Å²) < 4.78 is 5.85. The Morgan fingerprint density at radius 3 is 2.19 bits per heavy atom. The number of hydrogen-bond donors (Lipinski definition) is 0. The fourth-order valence-corrected chi connectivity index (χ4v) is 2.60. The second kappa shape index (κ2) is 7.28. The van der Waals surface area contributed by atoms with Gasteiger partial charge >= 0.3 is 0 Å². The van der Waals surface area contributed by atoms with Crippen LogP contribution in [0.2, 0.25) is 0 Å². The second-order valence-electron chi connectivity index (χ2n) is 7.12. The van der Waals surface area contributed by atoms with Gasteiger partial charge in [-0.25, -0.2) is 0 Å². The molecular weight excluding hydrogens is 260 g/mol. The van der Waals surface area contributed by atoms with Gasteiger partial charge in [0.15, 0.2) is 0 Å². The lowest BCUT2D eigenvalue weighted by Gasteiger charge is -2.32. The third-order valence-electron chi connectivity index (χ3n) is 4.20. The maximum Gasteiger partial charge on any atom is 0.119 e. The zero-order valence-corrected chi connectivity index (χ0v) is 14.1. The molecule has 0 spiro atoms. The first-order valence-corrected chi connectivity index (χ1v) is 8.09. The summed E-state index contributed by atoms with van der Waals surface area (Å²) in [5.74, 6) is 0.987. The van der Waals surface area contributed by atoms with Gasteiger partial charge in [0, 0.05) is 32.7 Å². The minimum absolute atomic E-state index is 0.208. The first kappa shape index (κ1) is 16.3. The zero-order chi connectivity index (χ0) is 15.3. The highest BCUT2D eigenvalue weighted by atomic mass is 16.5. The Morgan fingerprint density at radius 1 is 1.00 bits per heavy atom. The zero-order valence-electron chi connectivity index (χ0n) is 14.1. The van der Waals surface area contributed by atoms with E-state index >= 15 is 0 Å². The predicted octanol–water partition coefficient (Wildman–Crippen LogP) is 3.00. The Hall–Kier alpha value is -1.06. The van der Waals surface area contributed by atoms with Crippen LogP contribution >= 0.6 is 0 Å². The highest BCUT2D eigenvalue weighted by Gasteiger charge is 2.14. The van der Waals surface area contributed by atoms with Crippen molar-refractivity contribution in [3.05, 3.63) is 29.8 Å². The van der Waals surface area contributed by atoms with E-state index in [1.165, 1.54) is 31.7 Å². The molecule has 0 atom stereocenters. The van der Waals surface area contributed by atoms with Gasteiger partial charge in [0.2, 0.25) is 0 Å². The molecule has 0 unspecified atom stereocenters. The van der Waals surface area contributed by atoms with Gasteiger partial charge in [-0.2, -0.15) is 0 Å². The van der Waals surface area contributed by atoms with Crippen LogP contribution in [-0.2, 0) is 5.41 Å². The van der Waals surface area contributed by atoms with Gasteiger partial charge in [-0.3, -0.25) is 0 Å². The monoisotopic (exact) mass is 290 g/mol. The Kier molecular flexibility index (Phi) is 5.65. The van der Waals surface area contributed by atoms with E-state index in [4.69, 9.17) is 4.74 Å². The maximum atomic E-state index is 5.85. The lowest BCUT2D eigenvalue weighted by molar-refractivity contribution is 0.145. The van der Waals surface area contributed by atoms with Crippen LogP contribution in [0.15, 0.2) is 24.3 Å². The Labute approximate surface area is 129 Å². The van der Waals surface area contributed by atoms with Crippen molar-refractivity contribution in [2.75, 3.05) is 46.4 Å². The van der Waals surface area contributed by atoms with E-state index in [1.807, 2.05) is 0 Å². The summed E-state index contributed by atoms with van der Waals surface area (Å²) in [7, 11) is 2.20. The molecule has 3 nitrogen and oxygen atoms in total. The van der Waals surface area contributed by atoms with Crippen molar-refractivity contribution in [3.63, 3.8) is 0 Å². The van der Waals surface area contributed by atoms with Crippen LogP contribution in [0.5, 0.6) is 5.75 Å². The summed E-state index contributed by atoms with van der Waals surface area (Å²) in [6, 6.07) is 8.54. The molecule has 1 heterocycles. The molecule has 0 amide bonds. The summed E-state index contributed by atoms with van der Waals surface area (Å²) in [4.78, 5) is 4.93. The topological polar surface area (TPSA) is 15.7 Å². The SMILES string of the molecule is CN1CCN(CCCOc2ccc(C(C)(C)C)cc2)CC1. The predicted molar refractivity (Wildman–Crippen MR) is 89.2 cm³/mol. The van der Waals surface area contributed by atoms with E-state index < -0.39 is 0 Å². The van der Waals surface area contributed by atoms with E-state index in [-0.39, 0.29) is 5.41 Å². The summed E-state index contributed by atoms with van der Waals surface area (Å²) in [6.45, 7) is 13.4. The van der Waals surface area contributed by atoms with Crippen molar-refractivity contribution in [3.8, 4) is 5.75 Å². The molecular formula is C18H30N2O. The van der Waals surface area contributed by atoms with Crippen LogP contribution in [0.3, 0.4) is 0 Å². The molecule has 21 heavy (non-hydrogen) atoms. The molecule has 0 aromatic heterocycles. The lowest BCUT2D eigenvalue weighted by atomic mass is 9.87. The first-order chi connectivity index (χ1) is 9.95. The van der Waals surface area contributed by atoms with Crippen LogP contribution in [-0.4, -0.2) is 56.2 Å². The van der Waals surface area contributed by atoms with E-state index in [9.17, 15) is 0 Å². The molecule has 1 aliphatic rings. The molecule has 2 rings (SSSR count). The van der Waals surface area contributed by atoms with Gasteiger partial charge < -0.3 is 14.5 Å². The van der Waals surface area contributed by atoms with Crippen molar-refractivity contribution >= 4 is 0 Å². The number of rotatable bonds is 5. The summed E-state index contributed by atoms with van der Waals surface area (Å²) in [5.41, 5.74) is 1.56. The van der Waals surface area contributed by atoms with E-state index in [0.717, 1.165) is 25.3 Å². The molecule has 118 valence electrons. The number of piperazine rings is 1. The van der Waals surface area contributed by atoms with Crippen molar-refractivity contribution in [1.82, 2.24) is 9.80 Å². The lowest BCUT2D eigenvalue weighted by Crippen LogP contribution is -2.44. The van der Waals surface area contributed by atoms with Crippen molar-refractivity contribution in [1.29, 1.82) is 0 Å². The molecule has 1 fully saturated rings. The quantitative estimate of drug-likeness (QED) is 0.775. The summed E-state index contributed by atoms with van der Waals surface area (Å²) in [5, 5.41) is 0. The Balaban J connectivity index is 1.67. The molecule has 0 radical (unpaired) electrons. The number of ether oxygens (including phenoxy) is 1. The minimum atomic E-state index is 0.208. The standard InChI is InChI=1S/C18H30N2O/c1-18(2,3)16-6-8-17(9-7-16)21-15-5-10-20-13-11-19(4)12-14-20/h6-9H,5,10-15H2,1-4H3. The molecule has 1 aromatic rings. The minimum Gasteiger partial charge on any atom is -0.494 e. The summed E-state index contributed by atoms with van der Waals surface area (Å²) in [6.07, 6.45) is 1.10. The normalized spacial score (nSPS) is 17.9. The third kappa shape index (κ3) is 5.33. The highest BCUT2D eigenvalue weighted by Crippen LogP contribution is 2.24. The van der Waals surface area contributed by atoms with Crippen LogP contribution in [0, 0.1) is 0 Å². The molecule has 1 saturated heterocycles. The Morgan fingerprint density at radius 2 is 1.62 bits per heavy atom. The van der Waals surface area contributed by atoms with E-state index in [1.54, 1.807) is 0 Å². The highest BCUT2D eigenvalue weighted by molar-refractivity contribution is 5.31. The molecule has 1 aromatic carbocycles. The number of nitrogens with zero attached hydrogens (tertiary/aromatic N) is 2. The molecule has 1 aliphatic heterocycles. The molecule has 3 heteroatoms. The van der Waals surface area contributed by atoms with Gasteiger partial charge in [-0.1, -0.05) is 32.9 Å². The maximum absolute atomic E-state index is 5.85. The summed E-state index contributed by atoms with van der Waals surface area (Å²) >= 11 is 0. The van der Waals surface area contributed by atoms with Crippen LogP contribution < -0.4 is 4.74 Å². The molecule has 0 saturated carbocycles. The number of benzene rings is 1. The molecule has 0 N–H and O–H groups in total. The first-order valence-electron chi connectivity index (χ1n) is 8.09. The van der Waals surface area contributed by atoms with Crippen molar-refractivity contribution < 1.29 is 4.74 Å². The molecule has 0 aliphatic carbocycles. The average molecular weight is 290 g/mol. The largest absolute Gasteiger partial charge is 0.494 e. The van der Waals surface area contributed by atoms with Gasteiger partial charge in [0.05, 0.1) is 6.61 Å². The fraction of sp³-hybridized carbons (Fsp3) is 0.667. The molecule has 0 bridgehead atoms. The van der Waals surface area contributed by atoms with E-state index in [2.05, 4.69) is 61.9 Å². The van der Waals surface area contributed by atoms with Crippen LogP contribution in [0.4, 0.5) is 0 Å². The Bertz CT molecular complexity index is 414. The fourth-order valence-electron chi connectivity index (χ4n) is 2.60. The van der Waals surface area contributed by atoms with Gasteiger partial charge in [-0.05, 0) is 36.6 Å². The van der Waals surface area contributed by atoms with E-state index in [0.29, 0.717) is 0 Å². The smallest absolute Gasteiger partial charge is 0.119 e. The van der Waals surface area contributed by atoms with Gasteiger partial charge in [0.25, 0.3) is 0 Å². The van der Waals surface area contributed by atoms with Gasteiger partial charge in [-0.15, -0.1) is 0 Å². The second-order valence-corrected chi connectivity index (χ2v) is 7.12. The van der Waals surface area contributed by atoms with Crippen molar-refractivity contribution in [2.24, 2.45) is 0 Å². The average Bonchev–Trinajstić information content (AvgIpc) is 2.45. The van der Waals surface area contributed by atoms with Gasteiger partial charge in [0.1, 0.15) is 5.75 Å². The number of hydrogen-bond acceptors (Lipinski definition) is 3. The van der Waals surface area contributed by atoms with Crippen LogP contribution in [0.25, 0.3) is 0 Å². The third-order valence-corrected chi connectivity index (χ3v) is 4.20. The van der Waals surface area contributed by atoms with Crippen molar-refractivity contribution in [2.45, 2.75) is 32.6 Å². The van der Waals surface area contributed by atoms with Crippen LogP contribution in [0.1, 0.15) is 32.8 Å².